The third kappa shape index (κ3) is 6.39. The van der Waals surface area contributed by atoms with Crippen LogP contribution in [0.5, 0.6) is 5.75 Å². The third-order valence-corrected chi connectivity index (χ3v) is 5.44. The van der Waals surface area contributed by atoms with E-state index in [1.165, 1.54) is 0 Å². The van der Waals surface area contributed by atoms with Crippen molar-refractivity contribution in [3.05, 3.63) is 53.1 Å². The monoisotopic (exact) mass is 436 g/mol. The highest BCUT2D eigenvalue weighted by molar-refractivity contribution is 7.89. The second-order valence-electron chi connectivity index (χ2n) is 5.63. The van der Waals surface area contributed by atoms with Crippen LogP contribution in [0, 0.1) is 6.92 Å². The van der Waals surface area contributed by atoms with Crippen molar-refractivity contribution in [1.29, 1.82) is 0 Å². The highest BCUT2D eigenvalue weighted by atomic mass is 35.5. The summed E-state index contributed by atoms with van der Waals surface area (Å²) in [5.74, 6) is -0.968. The van der Waals surface area contributed by atoms with Crippen LogP contribution >= 0.6 is 11.6 Å². The van der Waals surface area contributed by atoms with Gasteiger partial charge in [-0.05, 0) is 48.9 Å². The van der Waals surface area contributed by atoms with Gasteiger partial charge in [0.1, 0.15) is 5.75 Å². The number of hydrogen-bond acceptors (Lipinski definition) is 4. The number of halogens is 4. The Balaban J connectivity index is 1.90. The number of anilines is 1. The molecular weight excluding hydrogens is 421 g/mol. The first-order valence-electron chi connectivity index (χ1n) is 7.88. The topological polar surface area (TPSA) is 84.5 Å². The number of sulfonamides is 1. The van der Waals surface area contributed by atoms with Crippen molar-refractivity contribution < 1.29 is 31.1 Å². The predicted molar refractivity (Wildman–Crippen MR) is 97.7 cm³/mol. The summed E-state index contributed by atoms with van der Waals surface area (Å²) in [6.45, 7) is 1.53. The Hall–Kier alpha value is -2.30. The molecule has 2 aromatic carbocycles. The van der Waals surface area contributed by atoms with Crippen LogP contribution in [0.15, 0.2) is 47.4 Å². The normalized spacial score (nSPS) is 11.9. The Morgan fingerprint density at radius 3 is 2.39 bits per heavy atom. The van der Waals surface area contributed by atoms with E-state index in [-0.39, 0.29) is 17.9 Å². The minimum atomic E-state index is -4.87. The molecule has 0 aliphatic carbocycles. The first-order chi connectivity index (χ1) is 13.0. The molecule has 0 saturated carbocycles. The van der Waals surface area contributed by atoms with E-state index in [1.54, 1.807) is 25.1 Å². The van der Waals surface area contributed by atoms with Gasteiger partial charge in [-0.15, -0.1) is 13.2 Å². The van der Waals surface area contributed by atoms with Gasteiger partial charge in [-0.1, -0.05) is 17.7 Å². The van der Waals surface area contributed by atoms with Gasteiger partial charge in [0.25, 0.3) is 0 Å². The van der Waals surface area contributed by atoms with Gasteiger partial charge in [0.2, 0.25) is 15.9 Å². The maximum atomic E-state index is 12.1. The summed E-state index contributed by atoms with van der Waals surface area (Å²) in [6, 6.07) is 8.71. The average molecular weight is 437 g/mol. The van der Waals surface area contributed by atoms with Gasteiger partial charge in [0, 0.05) is 23.7 Å². The molecule has 0 bridgehead atoms. The number of ether oxygens (including phenoxy) is 1. The Labute approximate surface area is 164 Å². The lowest BCUT2D eigenvalue weighted by atomic mass is 10.2. The van der Waals surface area contributed by atoms with Crippen molar-refractivity contribution in [2.45, 2.75) is 24.6 Å². The van der Waals surface area contributed by atoms with E-state index in [1.807, 2.05) is 0 Å². The minimum absolute atomic E-state index is 0.152. The van der Waals surface area contributed by atoms with Gasteiger partial charge in [-0.3, -0.25) is 4.79 Å². The molecule has 0 unspecified atom stereocenters. The van der Waals surface area contributed by atoms with Crippen molar-refractivity contribution in [3.8, 4) is 5.75 Å². The number of carbonyl (C=O) groups excluding carboxylic acids is 1. The maximum absolute atomic E-state index is 12.1. The lowest BCUT2D eigenvalue weighted by molar-refractivity contribution is -0.274. The number of alkyl halides is 3. The molecule has 11 heteroatoms. The fraction of sp³-hybridized carbons (Fsp3) is 0.235. The first-order valence-corrected chi connectivity index (χ1v) is 9.74. The molecule has 2 rings (SSSR count). The van der Waals surface area contributed by atoms with Gasteiger partial charge in [0.15, 0.2) is 0 Å². The summed E-state index contributed by atoms with van der Waals surface area (Å²) in [5.41, 5.74) is 1.19. The van der Waals surface area contributed by atoms with E-state index in [2.05, 4.69) is 14.8 Å². The molecule has 2 N–H and O–H groups in total. The number of hydrogen-bond donors (Lipinski definition) is 2. The zero-order valence-corrected chi connectivity index (χ0v) is 16.1. The smallest absolute Gasteiger partial charge is 0.406 e. The Bertz CT molecular complexity index is 948. The second kappa shape index (κ2) is 8.80. The second-order valence-corrected chi connectivity index (χ2v) is 7.80. The fourth-order valence-corrected chi connectivity index (χ4v) is 3.36. The molecule has 0 saturated heterocycles. The molecule has 0 aliphatic heterocycles. The van der Waals surface area contributed by atoms with Crippen molar-refractivity contribution in [2.24, 2.45) is 0 Å². The van der Waals surface area contributed by atoms with E-state index < -0.39 is 28.0 Å². The summed E-state index contributed by atoms with van der Waals surface area (Å²) < 4.78 is 66.5. The minimum Gasteiger partial charge on any atom is -0.406 e. The SMILES string of the molecule is Cc1c(Cl)cccc1NC(=O)CCNS(=O)(=O)c1ccc(OC(F)(F)F)cc1. The van der Waals surface area contributed by atoms with Crippen LogP contribution in [0.25, 0.3) is 0 Å². The molecule has 0 spiro atoms. The van der Waals surface area contributed by atoms with Gasteiger partial charge in [0.05, 0.1) is 4.90 Å². The molecule has 0 radical (unpaired) electrons. The number of carbonyl (C=O) groups is 1. The molecule has 1 amide bonds. The quantitative estimate of drug-likeness (QED) is 0.690. The molecule has 0 aromatic heterocycles. The van der Waals surface area contributed by atoms with Gasteiger partial charge in [-0.2, -0.15) is 0 Å². The zero-order valence-electron chi connectivity index (χ0n) is 14.5. The number of rotatable bonds is 7. The molecular formula is C17H16ClF3N2O4S. The number of benzene rings is 2. The van der Waals surface area contributed by atoms with E-state index in [0.717, 1.165) is 24.3 Å². The molecule has 28 heavy (non-hydrogen) atoms. The van der Waals surface area contributed by atoms with Crippen LogP contribution in [0.1, 0.15) is 12.0 Å². The largest absolute Gasteiger partial charge is 0.573 e. The van der Waals surface area contributed by atoms with Gasteiger partial charge < -0.3 is 10.1 Å². The Kier molecular flexibility index (Phi) is 6.91. The Morgan fingerprint density at radius 1 is 1.14 bits per heavy atom. The van der Waals surface area contributed by atoms with Crippen LogP contribution in [0.3, 0.4) is 0 Å². The van der Waals surface area contributed by atoms with Crippen LogP contribution in [-0.4, -0.2) is 27.2 Å². The average Bonchev–Trinajstić information content (AvgIpc) is 2.58. The molecule has 6 nitrogen and oxygen atoms in total. The summed E-state index contributed by atoms with van der Waals surface area (Å²) in [7, 11) is -3.99. The molecule has 0 atom stereocenters. The van der Waals surface area contributed by atoms with Crippen LogP contribution < -0.4 is 14.8 Å². The highest BCUT2D eigenvalue weighted by Gasteiger charge is 2.31. The lowest BCUT2D eigenvalue weighted by Gasteiger charge is -2.11. The first kappa shape index (κ1) is 22.0. The number of nitrogens with one attached hydrogen (secondary N) is 2. The Morgan fingerprint density at radius 2 is 1.79 bits per heavy atom. The molecule has 0 heterocycles. The van der Waals surface area contributed by atoms with E-state index >= 15 is 0 Å². The maximum Gasteiger partial charge on any atom is 0.573 e. The van der Waals surface area contributed by atoms with Crippen molar-refractivity contribution in [2.75, 3.05) is 11.9 Å². The van der Waals surface area contributed by atoms with Crippen molar-refractivity contribution in [1.82, 2.24) is 4.72 Å². The lowest BCUT2D eigenvalue weighted by Crippen LogP contribution is -2.28. The summed E-state index contributed by atoms with van der Waals surface area (Å²) in [4.78, 5) is 11.7. The third-order valence-electron chi connectivity index (χ3n) is 3.55. The summed E-state index contributed by atoms with van der Waals surface area (Å²) >= 11 is 5.96. The molecule has 0 aliphatic rings. The highest BCUT2D eigenvalue weighted by Crippen LogP contribution is 2.24. The van der Waals surface area contributed by atoms with E-state index in [4.69, 9.17) is 11.6 Å². The molecule has 2 aromatic rings. The van der Waals surface area contributed by atoms with Gasteiger partial charge in [-0.25, -0.2) is 13.1 Å². The van der Waals surface area contributed by atoms with Crippen molar-refractivity contribution >= 4 is 33.2 Å². The standard InChI is InChI=1S/C17H16ClF3N2O4S/c1-11-14(18)3-2-4-15(11)23-16(24)9-10-22-28(25,26)13-7-5-12(6-8-13)27-17(19,20)21/h2-8,22H,9-10H2,1H3,(H,23,24). The van der Waals surface area contributed by atoms with Crippen LogP contribution in [0.2, 0.25) is 5.02 Å². The van der Waals surface area contributed by atoms with E-state index in [0.29, 0.717) is 16.3 Å². The molecule has 0 fully saturated rings. The number of amides is 1. The predicted octanol–water partition coefficient (Wildman–Crippen LogP) is 3.85. The molecule has 152 valence electrons. The van der Waals surface area contributed by atoms with E-state index in [9.17, 15) is 26.4 Å². The van der Waals surface area contributed by atoms with Crippen molar-refractivity contribution in [3.63, 3.8) is 0 Å². The van der Waals surface area contributed by atoms with Gasteiger partial charge >= 0.3 is 6.36 Å². The zero-order chi connectivity index (χ0) is 20.9. The fourth-order valence-electron chi connectivity index (χ4n) is 2.16. The summed E-state index contributed by atoms with van der Waals surface area (Å²) in [5, 5.41) is 3.11. The van der Waals surface area contributed by atoms with Crippen LogP contribution in [-0.2, 0) is 14.8 Å². The van der Waals surface area contributed by atoms with Crippen LogP contribution in [0.4, 0.5) is 18.9 Å². The summed E-state index contributed by atoms with van der Waals surface area (Å²) in [6.07, 6.45) is -5.02.